The Hall–Kier alpha value is -4.92. The Kier molecular flexibility index (Phi) is 8.92. The summed E-state index contributed by atoms with van der Waals surface area (Å²) in [5, 5.41) is 14.0. The molecule has 1 atom stereocenters. The van der Waals surface area contributed by atoms with E-state index in [1.807, 2.05) is 42.5 Å². The summed E-state index contributed by atoms with van der Waals surface area (Å²) in [6, 6.07) is 33.0. The zero-order valence-electron chi connectivity index (χ0n) is 25.2. The third-order valence-corrected chi connectivity index (χ3v) is 8.27. The van der Waals surface area contributed by atoms with Gasteiger partial charge in [-0.1, -0.05) is 79.4 Å². The molecule has 5 aromatic rings. The summed E-state index contributed by atoms with van der Waals surface area (Å²) in [6.45, 7) is 4.23. The molecule has 0 aliphatic heterocycles. The van der Waals surface area contributed by atoms with Crippen molar-refractivity contribution in [3.05, 3.63) is 144 Å². The van der Waals surface area contributed by atoms with E-state index in [4.69, 9.17) is 5.73 Å². The van der Waals surface area contributed by atoms with Gasteiger partial charge in [-0.25, -0.2) is 0 Å². The van der Waals surface area contributed by atoms with E-state index in [9.17, 15) is 18.0 Å². The van der Waals surface area contributed by atoms with Crippen LogP contribution in [0.5, 0.6) is 0 Å². The van der Waals surface area contributed by atoms with Gasteiger partial charge in [0.05, 0.1) is 11.6 Å². The van der Waals surface area contributed by atoms with Crippen LogP contribution in [0, 0.1) is 5.92 Å². The van der Waals surface area contributed by atoms with Crippen LogP contribution in [0.15, 0.2) is 127 Å². The fraction of sp³-hybridized carbons (Fsp3) is 0.184. The van der Waals surface area contributed by atoms with Gasteiger partial charge in [-0.2, -0.15) is 13.2 Å². The second-order valence-electron chi connectivity index (χ2n) is 11.7. The van der Waals surface area contributed by atoms with Gasteiger partial charge in [0.1, 0.15) is 5.70 Å². The molecule has 1 aliphatic carbocycles. The Balaban J connectivity index is 1.35. The van der Waals surface area contributed by atoms with E-state index in [-0.39, 0.29) is 18.3 Å². The SMILES string of the molecule is C=C(/C=C(\Nc1cccc(CN)c1)C(=O)Nc1cccc(C(NCC2CC2)c2cc3ccccc3c3ccccc23)c1)C(F)(F)F. The molecule has 5 aromatic carbocycles. The molecule has 0 bridgehead atoms. The van der Waals surface area contributed by atoms with Gasteiger partial charge in [0.25, 0.3) is 5.91 Å². The normalized spacial score (nSPS) is 14.3. The van der Waals surface area contributed by atoms with Crippen LogP contribution in [0.25, 0.3) is 21.5 Å². The zero-order valence-corrected chi connectivity index (χ0v) is 25.2. The van der Waals surface area contributed by atoms with Crippen molar-refractivity contribution in [1.82, 2.24) is 5.32 Å². The van der Waals surface area contributed by atoms with E-state index >= 15 is 0 Å². The fourth-order valence-corrected chi connectivity index (χ4v) is 5.68. The number of hydrogen-bond acceptors (Lipinski definition) is 4. The van der Waals surface area contributed by atoms with Crippen molar-refractivity contribution in [3.8, 4) is 0 Å². The Morgan fingerprint density at radius 2 is 1.52 bits per heavy atom. The lowest BCUT2D eigenvalue weighted by molar-refractivity contribution is -0.112. The van der Waals surface area contributed by atoms with Gasteiger partial charge < -0.3 is 21.7 Å². The van der Waals surface area contributed by atoms with Gasteiger partial charge >= 0.3 is 6.18 Å². The minimum Gasteiger partial charge on any atom is -0.351 e. The van der Waals surface area contributed by atoms with Crippen molar-refractivity contribution in [3.63, 3.8) is 0 Å². The fourth-order valence-electron chi connectivity index (χ4n) is 5.68. The van der Waals surface area contributed by atoms with Gasteiger partial charge in [-0.15, -0.1) is 0 Å². The molecular formula is C38H35F3N4O. The minimum absolute atomic E-state index is 0.191. The molecule has 8 heteroatoms. The number of anilines is 2. The van der Waals surface area contributed by atoms with E-state index in [1.54, 1.807) is 30.3 Å². The number of nitrogens with two attached hydrogens (primary N) is 1. The van der Waals surface area contributed by atoms with Crippen LogP contribution < -0.4 is 21.7 Å². The summed E-state index contributed by atoms with van der Waals surface area (Å²) < 4.78 is 40.4. The molecule has 0 spiro atoms. The number of alkyl halides is 3. The summed E-state index contributed by atoms with van der Waals surface area (Å²) in [4.78, 5) is 13.5. The van der Waals surface area contributed by atoms with E-state index in [0.29, 0.717) is 17.3 Å². The molecule has 1 unspecified atom stereocenters. The molecule has 1 saturated carbocycles. The van der Waals surface area contributed by atoms with Crippen LogP contribution in [0.2, 0.25) is 0 Å². The molecule has 1 aliphatic rings. The van der Waals surface area contributed by atoms with Crippen LogP contribution in [0.3, 0.4) is 0 Å². The van der Waals surface area contributed by atoms with Crippen molar-refractivity contribution in [2.24, 2.45) is 11.7 Å². The first-order chi connectivity index (χ1) is 22.2. The lowest BCUT2D eigenvalue weighted by Crippen LogP contribution is -2.25. The Morgan fingerprint density at radius 3 is 2.24 bits per heavy atom. The molecular weight excluding hydrogens is 585 g/mol. The highest BCUT2D eigenvalue weighted by atomic mass is 19.4. The first kappa shape index (κ1) is 31.1. The van der Waals surface area contributed by atoms with Gasteiger partial charge in [0, 0.05) is 17.9 Å². The highest BCUT2D eigenvalue weighted by molar-refractivity contribution is 6.09. The number of amides is 1. The van der Waals surface area contributed by atoms with Gasteiger partial charge in [0.2, 0.25) is 0 Å². The summed E-state index contributed by atoms with van der Waals surface area (Å²) >= 11 is 0. The van der Waals surface area contributed by atoms with Crippen molar-refractivity contribution in [1.29, 1.82) is 0 Å². The van der Waals surface area contributed by atoms with Crippen LogP contribution >= 0.6 is 0 Å². The van der Waals surface area contributed by atoms with Crippen LogP contribution in [0.4, 0.5) is 24.5 Å². The predicted octanol–water partition coefficient (Wildman–Crippen LogP) is 8.59. The standard InChI is InChI=1S/C38H35F3N4O/c1-24(38(39,40)41)18-35(44-29-11-6-8-26(19-29)22-42)37(46)45-30-12-7-10-28(20-30)36(43-23-25-16-17-25)34-21-27-9-2-3-13-31(27)32-14-4-5-15-33(32)34/h2-15,18-21,25,36,43-44H,1,16-17,22-23,42H2,(H,45,46)/b35-18-. The third-order valence-electron chi connectivity index (χ3n) is 8.27. The Bertz CT molecular complexity index is 1940. The zero-order chi connectivity index (χ0) is 32.3. The van der Waals surface area contributed by atoms with Crippen LogP contribution in [0.1, 0.15) is 35.6 Å². The summed E-state index contributed by atoms with van der Waals surface area (Å²) in [7, 11) is 0. The molecule has 0 heterocycles. The molecule has 5 N–H and O–H groups in total. The smallest absolute Gasteiger partial charge is 0.351 e. The lowest BCUT2D eigenvalue weighted by Gasteiger charge is -2.23. The van der Waals surface area contributed by atoms with Gasteiger partial charge in [-0.05, 0) is 99.9 Å². The summed E-state index contributed by atoms with van der Waals surface area (Å²) in [6.07, 6.45) is -1.60. The number of carbonyl (C=O) groups is 1. The number of rotatable bonds is 11. The number of fused-ring (bicyclic) bond motifs is 3. The average molecular weight is 621 g/mol. The van der Waals surface area contributed by atoms with Crippen molar-refractivity contribution < 1.29 is 18.0 Å². The first-order valence-electron chi connectivity index (χ1n) is 15.3. The molecule has 1 fully saturated rings. The largest absolute Gasteiger partial charge is 0.415 e. The number of hydrogen-bond donors (Lipinski definition) is 4. The highest BCUT2D eigenvalue weighted by Crippen LogP contribution is 2.37. The molecule has 0 radical (unpaired) electrons. The quantitative estimate of drug-likeness (QED) is 0.0678. The molecule has 0 aromatic heterocycles. The number of allylic oxidation sites excluding steroid dienone is 2. The third kappa shape index (κ3) is 7.14. The molecule has 46 heavy (non-hydrogen) atoms. The number of benzene rings is 5. The molecule has 1 amide bonds. The minimum atomic E-state index is -4.70. The number of carbonyl (C=O) groups excluding carboxylic acids is 1. The molecule has 6 rings (SSSR count). The maximum atomic E-state index is 13.5. The van der Waals surface area contributed by atoms with E-state index in [0.717, 1.165) is 45.5 Å². The van der Waals surface area contributed by atoms with Crippen molar-refractivity contribution in [2.75, 3.05) is 17.2 Å². The maximum absolute atomic E-state index is 13.5. The maximum Gasteiger partial charge on any atom is 0.415 e. The van der Waals surface area contributed by atoms with Crippen LogP contribution in [-0.4, -0.2) is 18.6 Å². The Labute approximate surface area is 266 Å². The lowest BCUT2D eigenvalue weighted by atomic mass is 9.90. The van der Waals surface area contributed by atoms with E-state index in [1.165, 1.54) is 18.2 Å². The topological polar surface area (TPSA) is 79.2 Å². The highest BCUT2D eigenvalue weighted by Gasteiger charge is 2.31. The monoisotopic (exact) mass is 620 g/mol. The summed E-state index contributed by atoms with van der Waals surface area (Å²) in [5.74, 6) is -0.116. The van der Waals surface area contributed by atoms with Crippen LogP contribution in [-0.2, 0) is 11.3 Å². The summed E-state index contributed by atoms with van der Waals surface area (Å²) in [5.41, 5.74) is 7.97. The molecule has 234 valence electrons. The average Bonchev–Trinajstić information content (AvgIpc) is 3.89. The van der Waals surface area contributed by atoms with E-state index in [2.05, 4.69) is 52.9 Å². The second kappa shape index (κ2) is 13.2. The van der Waals surface area contributed by atoms with Gasteiger partial charge in [0.15, 0.2) is 0 Å². The van der Waals surface area contributed by atoms with Crippen molar-refractivity contribution >= 4 is 38.8 Å². The Morgan fingerprint density at radius 1 is 0.848 bits per heavy atom. The number of nitrogens with one attached hydrogen (secondary N) is 3. The van der Waals surface area contributed by atoms with Gasteiger partial charge in [-0.3, -0.25) is 4.79 Å². The van der Waals surface area contributed by atoms with E-state index < -0.39 is 17.7 Å². The predicted molar refractivity (Wildman–Crippen MR) is 180 cm³/mol. The van der Waals surface area contributed by atoms with Crippen molar-refractivity contribution in [2.45, 2.75) is 31.6 Å². The second-order valence-corrected chi connectivity index (χ2v) is 11.7. The first-order valence-corrected chi connectivity index (χ1v) is 15.3. The molecule has 0 saturated heterocycles. The number of halogens is 3. The molecule has 5 nitrogen and oxygen atoms in total.